The smallest absolute Gasteiger partial charge is 0.245 e. The highest BCUT2D eigenvalue weighted by molar-refractivity contribution is 5.98. The summed E-state index contributed by atoms with van der Waals surface area (Å²) in [7, 11) is 0. The zero-order chi connectivity index (χ0) is 48.2. The van der Waals surface area contributed by atoms with Crippen molar-refractivity contribution in [2.75, 3.05) is 19.6 Å². The second-order valence-corrected chi connectivity index (χ2v) is 17.6. The highest BCUT2D eigenvalue weighted by atomic mass is 16.2. The van der Waals surface area contributed by atoms with E-state index in [-0.39, 0.29) is 64.1 Å². The van der Waals surface area contributed by atoms with Crippen molar-refractivity contribution in [2.24, 2.45) is 16.5 Å². The van der Waals surface area contributed by atoms with Crippen LogP contribution >= 0.6 is 0 Å². The van der Waals surface area contributed by atoms with Gasteiger partial charge in [-0.15, -0.1) is 0 Å². The number of carbonyl (C=O) groups excluding carboxylic acids is 7. The Morgan fingerprint density at radius 1 is 0.809 bits per heavy atom. The number of H-pyrrole nitrogens is 1. The summed E-state index contributed by atoms with van der Waals surface area (Å²) in [5.74, 6) is -4.00. The number of rotatable bonds is 13. The maximum atomic E-state index is 14.8. The summed E-state index contributed by atoms with van der Waals surface area (Å²) in [5, 5.41) is 18.1. The van der Waals surface area contributed by atoms with E-state index in [9.17, 15) is 33.6 Å². The molecule has 0 saturated carbocycles. The lowest BCUT2D eigenvalue weighted by Crippen LogP contribution is -2.60. The van der Waals surface area contributed by atoms with Crippen molar-refractivity contribution in [1.82, 2.24) is 41.8 Å². The van der Waals surface area contributed by atoms with Gasteiger partial charge in [0.25, 0.3) is 0 Å². The van der Waals surface area contributed by atoms with Crippen LogP contribution in [-0.4, -0.2) is 113 Å². The van der Waals surface area contributed by atoms with E-state index in [4.69, 9.17) is 11.5 Å². The number of hydrogen-bond donors (Lipinski definition) is 9. The van der Waals surface area contributed by atoms with Crippen molar-refractivity contribution < 1.29 is 33.6 Å². The van der Waals surface area contributed by atoms with Crippen molar-refractivity contribution in [3.8, 4) is 0 Å². The van der Waals surface area contributed by atoms with Gasteiger partial charge in [0.2, 0.25) is 41.4 Å². The number of aromatic nitrogens is 1. The molecule has 3 aliphatic rings. The topological polar surface area (TPSA) is 275 Å². The lowest BCUT2D eigenvalue weighted by atomic mass is 9.97. The van der Waals surface area contributed by atoms with Gasteiger partial charge in [-0.05, 0) is 78.8 Å². The van der Waals surface area contributed by atoms with Crippen LogP contribution in [-0.2, 0) is 52.8 Å². The fourth-order valence-electron chi connectivity index (χ4n) is 9.27. The molecule has 1 aromatic heterocycles. The summed E-state index contributed by atoms with van der Waals surface area (Å²) in [6.45, 7) is 1.75. The average molecular weight is 928 g/mol. The minimum absolute atomic E-state index is 0.0439. The van der Waals surface area contributed by atoms with Gasteiger partial charge in [0.05, 0.1) is 0 Å². The van der Waals surface area contributed by atoms with Gasteiger partial charge in [-0.3, -0.25) is 38.6 Å². The molecule has 2 saturated heterocycles. The first-order valence-corrected chi connectivity index (χ1v) is 23.3. The quantitative estimate of drug-likeness (QED) is 0.0532. The second-order valence-electron chi connectivity index (χ2n) is 17.6. The number of allylic oxidation sites excluding steroid dienone is 1. The van der Waals surface area contributed by atoms with Crippen LogP contribution < -0.4 is 43.4 Å². The zero-order valence-electron chi connectivity index (χ0n) is 38.2. The molecule has 2 fully saturated rings. The summed E-state index contributed by atoms with van der Waals surface area (Å²) < 4.78 is 0. The molecule has 358 valence electrons. The van der Waals surface area contributed by atoms with Gasteiger partial charge in [0.15, 0.2) is 5.96 Å². The van der Waals surface area contributed by atoms with Gasteiger partial charge >= 0.3 is 0 Å². The normalized spacial score (nSPS) is 22.0. The van der Waals surface area contributed by atoms with Gasteiger partial charge in [0, 0.05) is 62.9 Å². The summed E-state index contributed by atoms with van der Waals surface area (Å²) in [5.41, 5.74) is 16.3. The van der Waals surface area contributed by atoms with E-state index in [1.54, 1.807) is 6.20 Å². The number of hydrogen-bond acceptors (Lipinski definition) is 8. The number of benzene rings is 3. The Kier molecular flexibility index (Phi) is 16.2. The number of amides is 7. The van der Waals surface area contributed by atoms with Crippen LogP contribution in [0.3, 0.4) is 0 Å². The monoisotopic (exact) mass is 927 g/mol. The van der Waals surface area contributed by atoms with E-state index in [1.807, 2.05) is 84.9 Å². The zero-order valence-corrected chi connectivity index (χ0v) is 38.2. The molecule has 11 N–H and O–H groups in total. The Morgan fingerprint density at radius 2 is 1.51 bits per heavy atom. The van der Waals surface area contributed by atoms with Gasteiger partial charge in [0.1, 0.15) is 36.3 Å². The predicted octanol–water partition coefficient (Wildman–Crippen LogP) is 1.38. The van der Waals surface area contributed by atoms with Crippen LogP contribution in [0.25, 0.3) is 16.5 Å². The Balaban J connectivity index is 1.21. The van der Waals surface area contributed by atoms with Crippen LogP contribution in [0.5, 0.6) is 0 Å². The number of aromatic amines is 1. The van der Waals surface area contributed by atoms with Crippen molar-refractivity contribution in [1.29, 1.82) is 0 Å². The molecular weight excluding hydrogens is 867 g/mol. The molecule has 0 spiro atoms. The molecule has 2 aliphatic heterocycles. The van der Waals surface area contributed by atoms with Crippen LogP contribution in [0.15, 0.2) is 96.1 Å². The van der Waals surface area contributed by atoms with E-state index in [0.29, 0.717) is 25.7 Å². The fourth-order valence-corrected chi connectivity index (χ4v) is 9.27. The standard InChI is InChI=1S/C50H61N11O7/c1-30(62)56-40(26-31-12-3-2-4-13-31)45(64)58-39-19-10-23-53-44(63)38(18-9-24-54-50(51)52)57-46(65)42(28-34-29-55-37-17-8-7-16-36(34)37)59-47(66)41(27-33-22-21-32-14-5-6-15-35(32)33)60-48(67)43-20-11-25-61(43)49(39)68/h2-8,12-17,22,29,38-43,55H,9-11,18-21,23-28H2,1H3,(H,53,63)(H,56,62)(H,57,65)(H,58,64)(H,59,66)(H,60,67)(H4,51,52,54)/t38-,39-,40-,41+,42-,43-/m0/s1. The van der Waals surface area contributed by atoms with E-state index in [2.05, 4.69) is 41.9 Å². The number of aliphatic imine (C=N–C) groups is 1. The fraction of sp³-hybridized carbons (Fsp3) is 0.400. The van der Waals surface area contributed by atoms with Crippen LogP contribution in [0, 0.1) is 0 Å². The molecule has 3 heterocycles. The second kappa shape index (κ2) is 22.8. The molecule has 0 bridgehead atoms. The number of carbonyl (C=O) groups is 7. The van der Waals surface area contributed by atoms with E-state index >= 15 is 0 Å². The summed E-state index contributed by atoms with van der Waals surface area (Å²) in [4.78, 5) is 108. The first kappa shape index (κ1) is 48.4. The molecule has 0 unspecified atom stereocenters. The SMILES string of the molecule is CC(=O)N[C@@H](Cc1ccccc1)C(=O)N[C@H]1CCCNC(=O)[C@H](CCCN=C(N)N)NC(=O)[C@H](Cc2c[nH]c3ccccc23)NC(=O)[C@@H](CC2=CCc3ccccc32)NC(=O)[C@@H]2CCCN2C1=O. The molecule has 4 aromatic rings. The molecule has 0 radical (unpaired) electrons. The van der Waals surface area contributed by atoms with Gasteiger partial charge < -0.3 is 53.3 Å². The molecule has 18 nitrogen and oxygen atoms in total. The number of nitrogens with one attached hydrogen (secondary N) is 7. The van der Waals surface area contributed by atoms with Crippen LogP contribution in [0.2, 0.25) is 0 Å². The number of guanidine groups is 1. The molecular formula is C50H61N11O7. The minimum atomic E-state index is -1.20. The maximum absolute atomic E-state index is 14.8. The van der Waals surface area contributed by atoms with Crippen LogP contribution in [0.1, 0.15) is 74.1 Å². The third-order valence-corrected chi connectivity index (χ3v) is 12.7. The number of nitrogens with zero attached hydrogens (tertiary/aromatic N) is 2. The largest absolute Gasteiger partial charge is 0.370 e. The van der Waals surface area contributed by atoms with E-state index in [1.165, 1.54) is 11.8 Å². The number of para-hydroxylation sites is 1. The highest BCUT2D eigenvalue weighted by Crippen LogP contribution is 2.31. The summed E-state index contributed by atoms with van der Waals surface area (Å²) in [6, 6.07) is 17.9. The molecule has 3 aromatic carbocycles. The van der Waals surface area contributed by atoms with Crippen molar-refractivity contribution >= 4 is 63.8 Å². The lowest BCUT2D eigenvalue weighted by molar-refractivity contribution is -0.142. The molecule has 6 atom stereocenters. The Bertz CT molecular complexity index is 2550. The van der Waals surface area contributed by atoms with Crippen molar-refractivity contribution in [2.45, 2.75) is 107 Å². The number of nitrogens with two attached hydrogens (primary N) is 2. The highest BCUT2D eigenvalue weighted by Gasteiger charge is 2.40. The van der Waals surface area contributed by atoms with E-state index < -0.39 is 77.6 Å². The van der Waals surface area contributed by atoms with Gasteiger partial charge in [-0.2, -0.15) is 0 Å². The first-order valence-electron chi connectivity index (χ1n) is 23.3. The third-order valence-electron chi connectivity index (χ3n) is 12.7. The van der Waals surface area contributed by atoms with Crippen molar-refractivity contribution in [3.05, 3.63) is 113 Å². The summed E-state index contributed by atoms with van der Waals surface area (Å²) in [6.07, 6.45) is 6.21. The Hall–Kier alpha value is -7.50. The maximum Gasteiger partial charge on any atom is 0.245 e. The first-order chi connectivity index (χ1) is 32.8. The Labute approximate surface area is 394 Å². The Morgan fingerprint density at radius 3 is 2.29 bits per heavy atom. The molecule has 18 heteroatoms. The molecule has 1 aliphatic carbocycles. The third kappa shape index (κ3) is 12.5. The van der Waals surface area contributed by atoms with E-state index in [0.717, 1.165) is 38.7 Å². The number of fused-ring (bicyclic) bond motifs is 3. The summed E-state index contributed by atoms with van der Waals surface area (Å²) >= 11 is 0. The minimum Gasteiger partial charge on any atom is -0.370 e. The van der Waals surface area contributed by atoms with Crippen LogP contribution in [0.4, 0.5) is 0 Å². The lowest BCUT2D eigenvalue weighted by Gasteiger charge is -2.31. The van der Waals surface area contributed by atoms with Crippen molar-refractivity contribution in [3.63, 3.8) is 0 Å². The molecule has 68 heavy (non-hydrogen) atoms. The molecule has 7 amide bonds. The van der Waals surface area contributed by atoms with Gasteiger partial charge in [-0.25, -0.2) is 0 Å². The molecule has 7 rings (SSSR count). The predicted molar refractivity (Wildman–Crippen MR) is 257 cm³/mol. The average Bonchev–Trinajstić information content (AvgIpc) is 4.09. The van der Waals surface area contributed by atoms with Gasteiger partial charge in [-0.1, -0.05) is 78.9 Å².